The molecule has 0 amide bonds. The van der Waals surface area contributed by atoms with Crippen LogP contribution in [-0.4, -0.2) is 14.0 Å². The van der Waals surface area contributed by atoms with Gasteiger partial charge in [-0.2, -0.15) is 0 Å². The molecule has 0 saturated heterocycles. The van der Waals surface area contributed by atoms with E-state index in [0.717, 1.165) is 24.8 Å². The van der Waals surface area contributed by atoms with Crippen molar-refractivity contribution in [2.45, 2.75) is 43.5 Å². The number of nitrogen functional groups attached to an aromatic ring is 1. The van der Waals surface area contributed by atoms with Crippen molar-refractivity contribution in [2.24, 2.45) is 0 Å². The average molecular weight is 254 g/mol. The third-order valence-corrected chi connectivity index (χ3v) is 5.01. The zero-order valence-corrected chi connectivity index (χ0v) is 11.0. The van der Waals surface area contributed by atoms with E-state index in [9.17, 15) is 8.42 Å². The van der Waals surface area contributed by atoms with Gasteiger partial charge in [-0.1, -0.05) is 6.07 Å². The molecule has 0 aromatic heterocycles. The molecule has 0 spiro atoms. The van der Waals surface area contributed by atoms with Gasteiger partial charge in [0.05, 0.1) is 5.69 Å². The smallest absolute Gasteiger partial charge is 0.243 e. The standard InChI is InChI=1S/C12H18N2O2S/c1-9-4-5-11(10(13)8-9)17(15,16)14-12(2)6-3-7-12/h4-5,8,14H,3,6-7,13H2,1-2H3. The van der Waals surface area contributed by atoms with Crippen LogP contribution in [0.2, 0.25) is 0 Å². The molecule has 0 radical (unpaired) electrons. The van der Waals surface area contributed by atoms with Gasteiger partial charge in [0.2, 0.25) is 10.0 Å². The summed E-state index contributed by atoms with van der Waals surface area (Å²) in [5, 5.41) is 0. The third-order valence-electron chi connectivity index (χ3n) is 3.29. The number of aryl methyl sites for hydroxylation is 1. The van der Waals surface area contributed by atoms with Crippen molar-refractivity contribution >= 4 is 15.7 Å². The summed E-state index contributed by atoms with van der Waals surface area (Å²) in [5.74, 6) is 0. The predicted octanol–water partition coefficient (Wildman–Crippen LogP) is 1.80. The largest absolute Gasteiger partial charge is 0.398 e. The molecular weight excluding hydrogens is 236 g/mol. The first-order valence-corrected chi connectivity index (χ1v) is 7.21. The SMILES string of the molecule is Cc1ccc(S(=O)(=O)NC2(C)CCC2)c(N)c1. The van der Waals surface area contributed by atoms with Gasteiger partial charge in [0, 0.05) is 5.54 Å². The fourth-order valence-corrected chi connectivity index (χ4v) is 3.68. The van der Waals surface area contributed by atoms with Crippen LogP contribution in [0.25, 0.3) is 0 Å². The van der Waals surface area contributed by atoms with Crippen LogP contribution < -0.4 is 10.5 Å². The lowest BCUT2D eigenvalue weighted by atomic mass is 9.80. The lowest BCUT2D eigenvalue weighted by Crippen LogP contribution is -2.50. The summed E-state index contributed by atoms with van der Waals surface area (Å²) >= 11 is 0. The van der Waals surface area contributed by atoms with E-state index in [4.69, 9.17) is 5.73 Å². The molecule has 1 saturated carbocycles. The molecule has 0 unspecified atom stereocenters. The molecule has 3 N–H and O–H groups in total. The van der Waals surface area contributed by atoms with E-state index in [2.05, 4.69) is 4.72 Å². The van der Waals surface area contributed by atoms with Crippen molar-refractivity contribution in [1.29, 1.82) is 0 Å². The zero-order valence-electron chi connectivity index (χ0n) is 10.2. The molecule has 5 heteroatoms. The molecule has 0 heterocycles. The van der Waals surface area contributed by atoms with Crippen LogP contribution in [0.5, 0.6) is 0 Å². The highest BCUT2D eigenvalue weighted by Gasteiger charge is 2.36. The molecule has 1 fully saturated rings. The van der Waals surface area contributed by atoms with Crippen LogP contribution in [0.4, 0.5) is 5.69 Å². The third kappa shape index (κ3) is 2.45. The molecule has 4 nitrogen and oxygen atoms in total. The Morgan fingerprint density at radius 2 is 2.00 bits per heavy atom. The molecule has 1 aromatic rings. The molecule has 94 valence electrons. The lowest BCUT2D eigenvalue weighted by Gasteiger charge is -2.38. The van der Waals surface area contributed by atoms with E-state index in [1.807, 2.05) is 13.8 Å². The molecule has 0 aliphatic heterocycles. The summed E-state index contributed by atoms with van der Waals surface area (Å²) in [6, 6.07) is 5.00. The fourth-order valence-electron chi connectivity index (χ4n) is 2.10. The highest BCUT2D eigenvalue weighted by molar-refractivity contribution is 7.89. The normalized spacial score (nSPS) is 18.7. The Morgan fingerprint density at radius 1 is 1.35 bits per heavy atom. The van der Waals surface area contributed by atoms with Crippen molar-refractivity contribution in [3.63, 3.8) is 0 Å². The molecular formula is C12H18N2O2S. The monoisotopic (exact) mass is 254 g/mol. The Bertz CT molecular complexity index is 533. The van der Waals surface area contributed by atoms with Gasteiger partial charge in [-0.05, 0) is 50.8 Å². The Morgan fingerprint density at radius 3 is 2.47 bits per heavy atom. The van der Waals surface area contributed by atoms with Crippen LogP contribution in [-0.2, 0) is 10.0 Å². The molecule has 1 aromatic carbocycles. The van der Waals surface area contributed by atoms with Crippen LogP contribution in [0.15, 0.2) is 23.1 Å². The van der Waals surface area contributed by atoms with E-state index in [1.165, 1.54) is 0 Å². The number of nitrogens with one attached hydrogen (secondary N) is 1. The topological polar surface area (TPSA) is 72.2 Å². The molecule has 0 atom stereocenters. The zero-order chi connectivity index (χ0) is 12.7. The van der Waals surface area contributed by atoms with Crippen LogP contribution >= 0.6 is 0 Å². The summed E-state index contributed by atoms with van der Waals surface area (Å²) in [4.78, 5) is 0.177. The summed E-state index contributed by atoms with van der Waals surface area (Å²) in [6.45, 7) is 3.81. The van der Waals surface area contributed by atoms with Crippen molar-refractivity contribution in [1.82, 2.24) is 4.72 Å². The number of hydrogen-bond donors (Lipinski definition) is 2. The Hall–Kier alpha value is -1.07. The number of hydrogen-bond acceptors (Lipinski definition) is 3. The summed E-state index contributed by atoms with van der Waals surface area (Å²) in [6.07, 6.45) is 2.85. The Kier molecular flexibility index (Phi) is 2.91. The molecule has 17 heavy (non-hydrogen) atoms. The van der Waals surface area contributed by atoms with Crippen LogP contribution in [0.1, 0.15) is 31.7 Å². The van der Waals surface area contributed by atoms with Crippen molar-refractivity contribution in [3.05, 3.63) is 23.8 Å². The van der Waals surface area contributed by atoms with Gasteiger partial charge in [-0.15, -0.1) is 0 Å². The second-order valence-corrected chi connectivity index (χ2v) is 6.71. The van der Waals surface area contributed by atoms with Gasteiger partial charge in [0.25, 0.3) is 0 Å². The van der Waals surface area contributed by atoms with Gasteiger partial charge < -0.3 is 5.73 Å². The summed E-state index contributed by atoms with van der Waals surface area (Å²) in [5.41, 5.74) is 6.73. The minimum Gasteiger partial charge on any atom is -0.398 e. The maximum absolute atomic E-state index is 12.2. The number of benzene rings is 1. The highest BCUT2D eigenvalue weighted by atomic mass is 32.2. The maximum atomic E-state index is 12.2. The maximum Gasteiger partial charge on any atom is 0.243 e. The second kappa shape index (κ2) is 3.99. The molecule has 1 aliphatic rings. The minimum absolute atomic E-state index is 0.177. The minimum atomic E-state index is -3.50. The van der Waals surface area contributed by atoms with Crippen LogP contribution in [0.3, 0.4) is 0 Å². The van der Waals surface area contributed by atoms with Gasteiger partial charge in [0.15, 0.2) is 0 Å². The van der Waals surface area contributed by atoms with E-state index in [1.54, 1.807) is 18.2 Å². The van der Waals surface area contributed by atoms with E-state index in [0.29, 0.717) is 5.69 Å². The molecule has 2 rings (SSSR count). The van der Waals surface area contributed by atoms with E-state index in [-0.39, 0.29) is 10.4 Å². The first-order chi connectivity index (χ1) is 7.82. The van der Waals surface area contributed by atoms with Gasteiger partial charge in [0.1, 0.15) is 4.90 Å². The number of anilines is 1. The number of rotatable bonds is 3. The fraction of sp³-hybridized carbons (Fsp3) is 0.500. The number of sulfonamides is 1. The second-order valence-electron chi connectivity index (χ2n) is 5.06. The first kappa shape index (κ1) is 12.4. The average Bonchev–Trinajstić information content (AvgIpc) is 2.13. The lowest BCUT2D eigenvalue weighted by molar-refractivity contribution is 0.248. The van der Waals surface area contributed by atoms with E-state index >= 15 is 0 Å². The highest BCUT2D eigenvalue weighted by Crippen LogP contribution is 2.33. The predicted molar refractivity (Wildman–Crippen MR) is 68.2 cm³/mol. The van der Waals surface area contributed by atoms with Crippen molar-refractivity contribution < 1.29 is 8.42 Å². The van der Waals surface area contributed by atoms with Gasteiger partial charge >= 0.3 is 0 Å². The summed E-state index contributed by atoms with van der Waals surface area (Å²) < 4.78 is 27.1. The van der Waals surface area contributed by atoms with Gasteiger partial charge in [-0.25, -0.2) is 13.1 Å². The Labute approximate surface area is 102 Å². The first-order valence-electron chi connectivity index (χ1n) is 5.73. The van der Waals surface area contributed by atoms with Crippen molar-refractivity contribution in [2.75, 3.05) is 5.73 Å². The van der Waals surface area contributed by atoms with Crippen LogP contribution in [0, 0.1) is 6.92 Å². The molecule has 1 aliphatic carbocycles. The van der Waals surface area contributed by atoms with E-state index < -0.39 is 10.0 Å². The molecule has 0 bridgehead atoms. The summed E-state index contributed by atoms with van der Waals surface area (Å²) in [7, 11) is -3.50. The van der Waals surface area contributed by atoms with Crippen molar-refractivity contribution in [3.8, 4) is 0 Å². The van der Waals surface area contributed by atoms with Gasteiger partial charge in [-0.3, -0.25) is 0 Å². The quantitative estimate of drug-likeness (QED) is 0.808. The number of nitrogens with two attached hydrogens (primary N) is 1. The Balaban J connectivity index is 2.31.